The minimum atomic E-state index is 0. The Kier molecular flexibility index (Phi) is 13.0. The molecule has 0 amide bonds. The standard InChI is InChI=1S/C10H13N.C2H6.CH4O.Au/c1-11-7-6-9-4-2-3-5-10(9)8-11;2*1-2;/h2-5H,6-8H2,1H3;1-2H3;2H,1H3;. The maximum Gasteiger partial charge on any atom is 0.0319 e. The van der Waals surface area contributed by atoms with E-state index in [0.29, 0.717) is 0 Å². The predicted molar refractivity (Wildman–Crippen MR) is 66.0 cm³/mol. The number of hydrogen-bond acceptors (Lipinski definition) is 2. The van der Waals surface area contributed by atoms with E-state index in [4.69, 9.17) is 5.11 Å². The van der Waals surface area contributed by atoms with Crippen LogP contribution < -0.4 is 0 Å². The Labute approximate surface area is 115 Å². The third-order valence-electron chi connectivity index (χ3n) is 2.32. The van der Waals surface area contributed by atoms with Crippen LogP contribution in [0.4, 0.5) is 0 Å². The first kappa shape index (κ1) is 18.3. The van der Waals surface area contributed by atoms with Crippen LogP contribution in [0, 0.1) is 0 Å². The van der Waals surface area contributed by atoms with Crippen molar-refractivity contribution in [3.63, 3.8) is 0 Å². The Bertz CT molecular complexity index is 266. The molecule has 2 rings (SSSR count). The van der Waals surface area contributed by atoms with Crippen molar-refractivity contribution in [3.8, 4) is 0 Å². The van der Waals surface area contributed by atoms with Gasteiger partial charge in [0.25, 0.3) is 0 Å². The number of nitrogens with zero attached hydrogens (tertiary/aromatic N) is 1. The molecule has 0 fully saturated rings. The summed E-state index contributed by atoms with van der Waals surface area (Å²) in [7, 11) is 3.18. The SMILES string of the molecule is CC.CN1CCc2ccccc2C1.CO.[Au]. The first-order chi connectivity index (χ1) is 7.36. The smallest absolute Gasteiger partial charge is 0.0319 e. The summed E-state index contributed by atoms with van der Waals surface area (Å²) in [4.78, 5) is 2.36. The fraction of sp³-hybridized carbons (Fsp3) is 0.538. The number of hydrogen-bond donors (Lipinski definition) is 1. The van der Waals surface area contributed by atoms with Crippen LogP contribution >= 0.6 is 0 Å². The Balaban J connectivity index is 0. The molecule has 0 aromatic heterocycles. The average Bonchev–Trinajstić information content (AvgIpc) is 2.34. The molecule has 1 aromatic carbocycles. The number of rotatable bonds is 0. The molecule has 0 saturated heterocycles. The van der Waals surface area contributed by atoms with Crippen molar-refractivity contribution in [2.75, 3.05) is 20.7 Å². The third-order valence-corrected chi connectivity index (χ3v) is 2.32. The molecule has 0 saturated carbocycles. The van der Waals surface area contributed by atoms with Crippen LogP contribution in [0.5, 0.6) is 0 Å². The van der Waals surface area contributed by atoms with Crippen molar-refractivity contribution in [3.05, 3.63) is 35.4 Å². The molecular formula is C13H23AuNO. The summed E-state index contributed by atoms with van der Waals surface area (Å²) in [6, 6.07) is 8.72. The van der Waals surface area contributed by atoms with Crippen LogP contribution in [0.15, 0.2) is 24.3 Å². The van der Waals surface area contributed by atoms with E-state index < -0.39 is 0 Å². The Morgan fingerprint density at radius 1 is 1.06 bits per heavy atom. The summed E-state index contributed by atoms with van der Waals surface area (Å²) in [6.45, 7) is 6.33. The van der Waals surface area contributed by atoms with Crippen LogP contribution in [-0.2, 0) is 35.3 Å². The fourth-order valence-electron chi connectivity index (χ4n) is 1.64. The summed E-state index contributed by atoms with van der Waals surface area (Å²) in [5, 5.41) is 7.00. The van der Waals surface area contributed by atoms with E-state index >= 15 is 0 Å². The molecule has 97 valence electrons. The molecule has 3 heteroatoms. The molecule has 1 N–H and O–H groups in total. The number of aliphatic hydroxyl groups is 1. The Hall–Kier alpha value is -0.120. The van der Waals surface area contributed by atoms with Gasteiger partial charge in [-0.1, -0.05) is 38.1 Å². The van der Waals surface area contributed by atoms with Crippen molar-refractivity contribution in [2.24, 2.45) is 0 Å². The second-order valence-electron chi connectivity index (χ2n) is 3.26. The number of aliphatic hydroxyl groups excluding tert-OH is 1. The zero-order valence-corrected chi connectivity index (χ0v) is 12.8. The van der Waals surface area contributed by atoms with Gasteiger partial charge >= 0.3 is 0 Å². The van der Waals surface area contributed by atoms with Crippen LogP contribution in [0.25, 0.3) is 0 Å². The number of fused-ring (bicyclic) bond motifs is 1. The van der Waals surface area contributed by atoms with Gasteiger partial charge in [0, 0.05) is 42.6 Å². The minimum Gasteiger partial charge on any atom is -0.400 e. The maximum absolute atomic E-state index is 7.00. The summed E-state index contributed by atoms with van der Waals surface area (Å²) < 4.78 is 0. The Morgan fingerprint density at radius 3 is 2.12 bits per heavy atom. The zero-order chi connectivity index (χ0) is 11.7. The van der Waals surface area contributed by atoms with Crippen molar-refractivity contribution >= 4 is 0 Å². The zero-order valence-electron chi connectivity index (χ0n) is 10.6. The topological polar surface area (TPSA) is 23.5 Å². The van der Waals surface area contributed by atoms with E-state index in [-0.39, 0.29) is 22.4 Å². The number of benzene rings is 1. The second-order valence-corrected chi connectivity index (χ2v) is 3.26. The number of likely N-dealkylation sites (N-methyl/N-ethyl adjacent to an activating group) is 1. The molecule has 0 bridgehead atoms. The first-order valence-corrected chi connectivity index (χ1v) is 5.56. The van der Waals surface area contributed by atoms with Gasteiger partial charge in [-0.05, 0) is 24.6 Å². The van der Waals surface area contributed by atoms with Gasteiger partial charge in [-0.3, -0.25) is 0 Å². The molecule has 16 heavy (non-hydrogen) atoms. The van der Waals surface area contributed by atoms with Gasteiger partial charge in [0.2, 0.25) is 0 Å². The fourth-order valence-corrected chi connectivity index (χ4v) is 1.64. The summed E-state index contributed by atoms with van der Waals surface area (Å²) in [5.74, 6) is 0. The minimum absolute atomic E-state index is 0. The van der Waals surface area contributed by atoms with Crippen LogP contribution in [0.2, 0.25) is 0 Å². The summed E-state index contributed by atoms with van der Waals surface area (Å²) in [6.07, 6.45) is 1.21. The quantitative estimate of drug-likeness (QED) is 0.669. The van der Waals surface area contributed by atoms with Gasteiger partial charge in [-0.25, -0.2) is 0 Å². The third kappa shape index (κ3) is 5.83. The van der Waals surface area contributed by atoms with Gasteiger partial charge in [-0.15, -0.1) is 0 Å². The van der Waals surface area contributed by atoms with E-state index in [0.717, 1.165) is 13.7 Å². The molecule has 1 aromatic rings. The molecule has 0 atom stereocenters. The van der Waals surface area contributed by atoms with Gasteiger partial charge < -0.3 is 10.0 Å². The molecule has 1 heterocycles. The van der Waals surface area contributed by atoms with Crippen molar-refractivity contribution < 1.29 is 27.5 Å². The van der Waals surface area contributed by atoms with Crippen molar-refractivity contribution in [2.45, 2.75) is 26.8 Å². The predicted octanol–water partition coefficient (Wildman–Crippen LogP) is 2.31. The molecule has 0 unspecified atom stereocenters. The van der Waals surface area contributed by atoms with E-state index in [2.05, 4.69) is 36.2 Å². The summed E-state index contributed by atoms with van der Waals surface area (Å²) >= 11 is 0. The van der Waals surface area contributed by atoms with Crippen LogP contribution in [-0.4, -0.2) is 30.7 Å². The van der Waals surface area contributed by atoms with E-state index in [9.17, 15) is 0 Å². The largest absolute Gasteiger partial charge is 0.400 e. The Morgan fingerprint density at radius 2 is 1.56 bits per heavy atom. The van der Waals surface area contributed by atoms with Crippen molar-refractivity contribution in [1.29, 1.82) is 0 Å². The molecule has 1 aliphatic rings. The van der Waals surface area contributed by atoms with E-state index in [1.165, 1.54) is 24.1 Å². The van der Waals surface area contributed by atoms with E-state index in [1.807, 2.05) is 13.8 Å². The molecule has 0 spiro atoms. The van der Waals surface area contributed by atoms with Crippen molar-refractivity contribution in [1.82, 2.24) is 4.90 Å². The molecule has 1 radical (unpaired) electrons. The van der Waals surface area contributed by atoms with E-state index in [1.54, 1.807) is 0 Å². The molecule has 0 aliphatic carbocycles. The molecular weight excluding hydrogens is 383 g/mol. The normalized spacial score (nSPS) is 13.1. The average molecular weight is 406 g/mol. The van der Waals surface area contributed by atoms with Gasteiger partial charge in [0.15, 0.2) is 0 Å². The monoisotopic (exact) mass is 406 g/mol. The van der Waals surface area contributed by atoms with Crippen LogP contribution in [0.3, 0.4) is 0 Å². The summed E-state index contributed by atoms with van der Waals surface area (Å²) in [5.41, 5.74) is 3.03. The first-order valence-electron chi connectivity index (χ1n) is 5.56. The second kappa shape index (κ2) is 11.4. The van der Waals surface area contributed by atoms with Gasteiger partial charge in [0.1, 0.15) is 0 Å². The van der Waals surface area contributed by atoms with Crippen LogP contribution in [0.1, 0.15) is 25.0 Å². The molecule has 1 aliphatic heterocycles. The van der Waals surface area contributed by atoms with Gasteiger partial charge in [-0.2, -0.15) is 0 Å². The van der Waals surface area contributed by atoms with Gasteiger partial charge in [0.05, 0.1) is 0 Å². The maximum atomic E-state index is 7.00. The molecule has 2 nitrogen and oxygen atoms in total.